The van der Waals surface area contributed by atoms with Gasteiger partial charge in [-0.25, -0.2) is 4.79 Å². The zero-order valence-corrected chi connectivity index (χ0v) is 15.2. The van der Waals surface area contributed by atoms with Gasteiger partial charge in [-0.15, -0.1) is 0 Å². The van der Waals surface area contributed by atoms with Gasteiger partial charge in [-0.3, -0.25) is 4.79 Å². The summed E-state index contributed by atoms with van der Waals surface area (Å²) in [6, 6.07) is 5.68. The third-order valence-corrected chi connectivity index (χ3v) is 3.63. The molecule has 0 spiro atoms. The summed E-state index contributed by atoms with van der Waals surface area (Å²) in [5.74, 6) is -0.125. The molecule has 162 valence electrons. The van der Waals surface area contributed by atoms with Crippen LogP contribution in [-0.4, -0.2) is 25.6 Å². The van der Waals surface area contributed by atoms with Crippen molar-refractivity contribution >= 4 is 23.3 Å². The maximum atomic E-state index is 12.8. The fourth-order valence-corrected chi connectivity index (χ4v) is 2.24. The van der Waals surface area contributed by atoms with E-state index in [1.807, 2.05) is 10.6 Å². The van der Waals surface area contributed by atoms with E-state index in [1.54, 1.807) is 12.1 Å². The lowest BCUT2D eigenvalue weighted by atomic mass is 10.1. The van der Waals surface area contributed by atoms with Gasteiger partial charge in [0, 0.05) is 11.4 Å². The molecule has 2 aromatic carbocycles. The molecule has 0 heterocycles. The average Bonchev–Trinajstić information content (AvgIpc) is 2.65. The van der Waals surface area contributed by atoms with Crippen molar-refractivity contribution in [3.63, 3.8) is 0 Å². The lowest BCUT2D eigenvalue weighted by molar-refractivity contribution is -0.143. The SMILES string of the molecule is COc1ccc(NC(=O)CNC(=O)Nc2cc(C(F)(F)F)cc(C(F)(F)F)c2)cc1. The summed E-state index contributed by atoms with van der Waals surface area (Å²) >= 11 is 0. The molecule has 0 saturated heterocycles. The molecule has 6 nitrogen and oxygen atoms in total. The van der Waals surface area contributed by atoms with Gasteiger partial charge in [0.1, 0.15) is 5.75 Å². The van der Waals surface area contributed by atoms with Crippen molar-refractivity contribution in [3.05, 3.63) is 53.6 Å². The standard InChI is InChI=1S/C18H15F6N3O3/c1-30-14-4-2-12(3-5-14)26-15(28)9-25-16(29)27-13-7-10(17(19,20)21)6-11(8-13)18(22,23)24/h2-8H,9H2,1H3,(H,26,28)(H2,25,27,29). The van der Waals surface area contributed by atoms with E-state index < -0.39 is 47.6 Å². The zero-order valence-electron chi connectivity index (χ0n) is 15.2. The van der Waals surface area contributed by atoms with Crippen LogP contribution >= 0.6 is 0 Å². The second-order valence-electron chi connectivity index (χ2n) is 5.88. The summed E-state index contributed by atoms with van der Waals surface area (Å²) in [6.45, 7) is -0.580. The van der Waals surface area contributed by atoms with Crippen molar-refractivity contribution in [3.8, 4) is 5.75 Å². The Morgan fingerprint density at radius 1 is 0.833 bits per heavy atom. The molecular formula is C18H15F6N3O3. The van der Waals surface area contributed by atoms with E-state index in [9.17, 15) is 35.9 Å². The molecule has 0 aliphatic carbocycles. The van der Waals surface area contributed by atoms with Crippen LogP contribution in [0.5, 0.6) is 5.75 Å². The molecule has 0 aromatic heterocycles. The number of carbonyl (C=O) groups is 2. The van der Waals surface area contributed by atoms with Gasteiger partial charge in [0.25, 0.3) is 0 Å². The van der Waals surface area contributed by atoms with Crippen LogP contribution in [0.1, 0.15) is 11.1 Å². The van der Waals surface area contributed by atoms with Crippen LogP contribution in [0.3, 0.4) is 0 Å². The number of halogens is 6. The summed E-state index contributed by atoms with van der Waals surface area (Å²) in [5.41, 5.74) is -3.50. The number of carbonyl (C=O) groups excluding carboxylic acids is 2. The van der Waals surface area contributed by atoms with E-state index in [0.717, 1.165) is 0 Å². The van der Waals surface area contributed by atoms with Crippen LogP contribution in [-0.2, 0) is 17.1 Å². The summed E-state index contributed by atoms with van der Waals surface area (Å²) in [4.78, 5) is 23.6. The predicted octanol–water partition coefficient (Wildman–Crippen LogP) is 4.49. The van der Waals surface area contributed by atoms with Gasteiger partial charge in [0.2, 0.25) is 5.91 Å². The predicted molar refractivity (Wildman–Crippen MR) is 95.1 cm³/mol. The van der Waals surface area contributed by atoms with E-state index in [0.29, 0.717) is 23.6 Å². The zero-order chi connectivity index (χ0) is 22.5. The summed E-state index contributed by atoms with van der Waals surface area (Å²) in [5, 5.41) is 6.33. The van der Waals surface area contributed by atoms with Crippen molar-refractivity contribution in [2.24, 2.45) is 0 Å². The molecule has 2 aromatic rings. The molecule has 30 heavy (non-hydrogen) atoms. The highest BCUT2D eigenvalue weighted by Crippen LogP contribution is 2.37. The van der Waals surface area contributed by atoms with Gasteiger partial charge in [-0.05, 0) is 42.5 Å². The molecular weight excluding hydrogens is 420 g/mol. The number of hydrogen-bond donors (Lipinski definition) is 3. The monoisotopic (exact) mass is 435 g/mol. The van der Waals surface area contributed by atoms with Crippen molar-refractivity contribution in [1.82, 2.24) is 5.32 Å². The van der Waals surface area contributed by atoms with Crippen molar-refractivity contribution in [2.45, 2.75) is 12.4 Å². The lowest BCUT2D eigenvalue weighted by Crippen LogP contribution is -2.35. The largest absolute Gasteiger partial charge is 0.497 e. The Bertz CT molecular complexity index is 879. The van der Waals surface area contributed by atoms with Crippen LogP contribution in [0.4, 0.5) is 42.5 Å². The Balaban J connectivity index is 2.00. The van der Waals surface area contributed by atoms with E-state index in [2.05, 4.69) is 5.32 Å². The van der Waals surface area contributed by atoms with E-state index >= 15 is 0 Å². The number of ether oxygens (including phenoxy) is 1. The Kier molecular flexibility index (Phi) is 6.80. The molecule has 0 saturated carbocycles. The number of nitrogens with one attached hydrogen (secondary N) is 3. The first-order chi connectivity index (χ1) is 13.9. The number of amides is 3. The van der Waals surface area contributed by atoms with Crippen molar-refractivity contribution < 1.29 is 40.7 Å². The Hall–Kier alpha value is -3.44. The molecule has 0 aliphatic heterocycles. The van der Waals surface area contributed by atoms with E-state index in [4.69, 9.17) is 4.74 Å². The maximum Gasteiger partial charge on any atom is 0.416 e. The Morgan fingerprint density at radius 2 is 1.37 bits per heavy atom. The topological polar surface area (TPSA) is 79.5 Å². The fraction of sp³-hybridized carbons (Fsp3) is 0.222. The number of rotatable bonds is 5. The fourth-order valence-electron chi connectivity index (χ4n) is 2.24. The number of methoxy groups -OCH3 is 1. The molecule has 12 heteroatoms. The molecule has 0 radical (unpaired) electrons. The van der Waals surface area contributed by atoms with Crippen LogP contribution in [0.15, 0.2) is 42.5 Å². The molecule has 0 aliphatic rings. The molecule has 0 unspecified atom stereocenters. The first-order valence-electron chi connectivity index (χ1n) is 8.17. The second-order valence-corrected chi connectivity index (χ2v) is 5.88. The summed E-state index contributed by atoms with van der Waals surface area (Å²) in [6.07, 6.45) is -10.1. The van der Waals surface area contributed by atoms with Crippen molar-refractivity contribution in [1.29, 1.82) is 0 Å². The molecule has 3 N–H and O–H groups in total. The minimum atomic E-state index is -5.05. The minimum absolute atomic E-state index is 0.0641. The number of anilines is 2. The number of alkyl halides is 6. The van der Waals surface area contributed by atoms with Crippen LogP contribution in [0.25, 0.3) is 0 Å². The molecule has 0 fully saturated rings. The minimum Gasteiger partial charge on any atom is -0.497 e. The van der Waals surface area contributed by atoms with Gasteiger partial charge in [-0.2, -0.15) is 26.3 Å². The van der Waals surface area contributed by atoms with E-state index in [-0.39, 0.29) is 6.07 Å². The quantitative estimate of drug-likeness (QED) is 0.606. The Labute approximate surface area is 166 Å². The number of urea groups is 1. The third kappa shape index (κ3) is 6.57. The average molecular weight is 435 g/mol. The van der Waals surface area contributed by atoms with Gasteiger partial charge in [0.05, 0.1) is 24.8 Å². The first-order valence-corrected chi connectivity index (χ1v) is 8.17. The maximum absolute atomic E-state index is 12.8. The smallest absolute Gasteiger partial charge is 0.416 e. The van der Waals surface area contributed by atoms with E-state index in [1.165, 1.54) is 19.2 Å². The molecule has 0 bridgehead atoms. The molecule has 2 rings (SSSR count). The normalized spacial score (nSPS) is 11.6. The highest BCUT2D eigenvalue weighted by Gasteiger charge is 2.37. The van der Waals surface area contributed by atoms with Crippen LogP contribution < -0.4 is 20.7 Å². The lowest BCUT2D eigenvalue weighted by Gasteiger charge is -2.15. The number of hydrogen-bond acceptors (Lipinski definition) is 3. The van der Waals surface area contributed by atoms with Crippen molar-refractivity contribution in [2.75, 3.05) is 24.3 Å². The van der Waals surface area contributed by atoms with Crippen LogP contribution in [0.2, 0.25) is 0 Å². The van der Waals surface area contributed by atoms with Crippen LogP contribution in [0, 0.1) is 0 Å². The van der Waals surface area contributed by atoms with Gasteiger partial charge < -0.3 is 20.7 Å². The second kappa shape index (κ2) is 8.93. The van der Waals surface area contributed by atoms with Gasteiger partial charge in [0.15, 0.2) is 0 Å². The first kappa shape index (κ1) is 22.8. The summed E-state index contributed by atoms with van der Waals surface area (Å²) in [7, 11) is 1.46. The van der Waals surface area contributed by atoms with Gasteiger partial charge >= 0.3 is 18.4 Å². The highest BCUT2D eigenvalue weighted by atomic mass is 19.4. The summed E-state index contributed by atoms with van der Waals surface area (Å²) < 4.78 is 81.9. The molecule has 0 atom stereocenters. The third-order valence-electron chi connectivity index (χ3n) is 3.63. The van der Waals surface area contributed by atoms with Gasteiger partial charge in [-0.1, -0.05) is 0 Å². The highest BCUT2D eigenvalue weighted by molar-refractivity contribution is 5.97. The molecule has 3 amide bonds. The Morgan fingerprint density at radius 3 is 1.83 bits per heavy atom. The number of benzene rings is 2.